The molecule has 0 radical (unpaired) electrons. The highest BCUT2D eigenvalue weighted by Crippen LogP contribution is 2.14. The Morgan fingerprint density at radius 3 is 2.86 bits per heavy atom. The van der Waals surface area contributed by atoms with Crippen molar-refractivity contribution in [3.63, 3.8) is 0 Å². The van der Waals surface area contributed by atoms with Crippen LogP contribution in [-0.2, 0) is 14.8 Å². The Bertz CT molecular complexity index is 245. The van der Waals surface area contributed by atoms with Crippen molar-refractivity contribution in [1.82, 2.24) is 4.72 Å². The minimum atomic E-state index is -3.03. The molecule has 1 N–H and O–H groups in total. The smallest absolute Gasteiger partial charge is 0.211 e. The first-order chi connectivity index (χ1) is 6.64. The highest BCUT2D eigenvalue weighted by molar-refractivity contribution is 7.89. The molecule has 1 aliphatic rings. The second-order valence-corrected chi connectivity index (χ2v) is 5.56. The molecule has 1 aliphatic heterocycles. The van der Waals surface area contributed by atoms with Crippen LogP contribution < -0.4 is 4.72 Å². The fourth-order valence-corrected chi connectivity index (χ4v) is 2.70. The number of sulfonamides is 1. The maximum Gasteiger partial charge on any atom is 0.211 e. The lowest BCUT2D eigenvalue weighted by Gasteiger charge is -2.09. The van der Waals surface area contributed by atoms with E-state index in [0.717, 1.165) is 25.9 Å². The maximum absolute atomic E-state index is 11.3. The summed E-state index contributed by atoms with van der Waals surface area (Å²) in [6.45, 7) is 3.19. The van der Waals surface area contributed by atoms with Gasteiger partial charge in [0.1, 0.15) is 0 Å². The molecule has 1 atom stereocenters. The van der Waals surface area contributed by atoms with Gasteiger partial charge in [-0.2, -0.15) is 0 Å². The van der Waals surface area contributed by atoms with Gasteiger partial charge in [-0.25, -0.2) is 13.1 Å². The van der Waals surface area contributed by atoms with Crippen LogP contribution in [0, 0.1) is 0 Å². The standard InChI is InChI=1S/C9H19NO3S/c1-2-8-14(11,12)10-6-5-9-4-3-7-13-9/h9-10H,2-8H2,1H3. The molecule has 0 spiro atoms. The summed E-state index contributed by atoms with van der Waals surface area (Å²) in [5, 5.41) is 0. The zero-order valence-electron chi connectivity index (χ0n) is 8.66. The lowest BCUT2D eigenvalue weighted by atomic mass is 10.2. The van der Waals surface area contributed by atoms with E-state index in [4.69, 9.17) is 4.74 Å². The minimum Gasteiger partial charge on any atom is -0.378 e. The number of ether oxygens (including phenoxy) is 1. The van der Waals surface area contributed by atoms with Crippen molar-refractivity contribution in [2.24, 2.45) is 0 Å². The summed E-state index contributed by atoms with van der Waals surface area (Å²) in [7, 11) is -3.03. The van der Waals surface area contributed by atoms with Gasteiger partial charge in [0.15, 0.2) is 0 Å². The monoisotopic (exact) mass is 221 g/mol. The molecule has 1 heterocycles. The Kier molecular flexibility index (Phi) is 4.84. The molecule has 1 fully saturated rings. The largest absolute Gasteiger partial charge is 0.378 e. The van der Waals surface area contributed by atoms with E-state index in [1.165, 1.54) is 0 Å². The summed E-state index contributed by atoms with van der Waals surface area (Å²) >= 11 is 0. The number of hydrogen-bond acceptors (Lipinski definition) is 3. The highest BCUT2D eigenvalue weighted by atomic mass is 32.2. The molecule has 0 aromatic rings. The Balaban J connectivity index is 2.13. The van der Waals surface area contributed by atoms with Crippen LogP contribution in [0.2, 0.25) is 0 Å². The lowest BCUT2D eigenvalue weighted by molar-refractivity contribution is 0.105. The summed E-state index contributed by atoms with van der Waals surface area (Å²) in [6.07, 6.45) is 3.89. The van der Waals surface area contributed by atoms with Crippen molar-refractivity contribution in [2.45, 2.75) is 38.7 Å². The van der Waals surface area contributed by atoms with Gasteiger partial charge < -0.3 is 4.74 Å². The van der Waals surface area contributed by atoms with Crippen LogP contribution in [-0.4, -0.2) is 33.4 Å². The van der Waals surface area contributed by atoms with E-state index in [1.807, 2.05) is 6.92 Å². The summed E-state index contributed by atoms with van der Waals surface area (Å²) in [5.74, 6) is 0.221. The fourth-order valence-electron chi connectivity index (χ4n) is 1.59. The van der Waals surface area contributed by atoms with Crippen LogP contribution in [0.4, 0.5) is 0 Å². The quantitative estimate of drug-likeness (QED) is 0.724. The Hall–Kier alpha value is -0.130. The van der Waals surface area contributed by atoms with Crippen LogP contribution in [0.25, 0.3) is 0 Å². The first-order valence-corrected chi connectivity index (χ1v) is 6.88. The van der Waals surface area contributed by atoms with Crippen molar-refractivity contribution in [3.8, 4) is 0 Å². The molecule has 0 bridgehead atoms. The summed E-state index contributed by atoms with van der Waals surface area (Å²) in [4.78, 5) is 0. The molecular formula is C9H19NO3S. The minimum absolute atomic E-state index is 0.221. The average molecular weight is 221 g/mol. The first kappa shape index (κ1) is 11.9. The van der Waals surface area contributed by atoms with Crippen molar-refractivity contribution < 1.29 is 13.2 Å². The van der Waals surface area contributed by atoms with Gasteiger partial charge in [-0.15, -0.1) is 0 Å². The molecule has 0 aromatic carbocycles. The van der Waals surface area contributed by atoms with Crippen LogP contribution in [0.5, 0.6) is 0 Å². The van der Waals surface area contributed by atoms with E-state index < -0.39 is 10.0 Å². The van der Waals surface area contributed by atoms with Gasteiger partial charge in [0.05, 0.1) is 11.9 Å². The molecule has 0 amide bonds. The number of rotatable bonds is 6. The molecule has 1 saturated heterocycles. The molecule has 84 valence electrons. The molecule has 4 nitrogen and oxygen atoms in total. The van der Waals surface area contributed by atoms with Crippen LogP contribution in [0.15, 0.2) is 0 Å². The molecule has 5 heteroatoms. The molecular weight excluding hydrogens is 202 g/mol. The Morgan fingerprint density at radius 1 is 1.50 bits per heavy atom. The van der Waals surface area contributed by atoms with Gasteiger partial charge >= 0.3 is 0 Å². The van der Waals surface area contributed by atoms with Crippen LogP contribution >= 0.6 is 0 Å². The zero-order chi connectivity index (χ0) is 10.4. The topological polar surface area (TPSA) is 55.4 Å². The number of hydrogen-bond donors (Lipinski definition) is 1. The van der Waals surface area contributed by atoms with E-state index in [-0.39, 0.29) is 11.9 Å². The van der Waals surface area contributed by atoms with Crippen LogP contribution in [0.1, 0.15) is 32.6 Å². The van der Waals surface area contributed by atoms with Crippen molar-refractivity contribution in [2.75, 3.05) is 18.9 Å². The van der Waals surface area contributed by atoms with Crippen LogP contribution in [0.3, 0.4) is 0 Å². The first-order valence-electron chi connectivity index (χ1n) is 5.23. The highest BCUT2D eigenvalue weighted by Gasteiger charge is 2.16. The normalized spacial score (nSPS) is 22.8. The molecule has 1 rings (SSSR count). The van der Waals surface area contributed by atoms with Gasteiger partial charge in [-0.05, 0) is 25.7 Å². The Morgan fingerprint density at radius 2 is 2.29 bits per heavy atom. The van der Waals surface area contributed by atoms with E-state index in [1.54, 1.807) is 0 Å². The van der Waals surface area contributed by atoms with Gasteiger partial charge in [0.2, 0.25) is 10.0 Å². The number of nitrogens with one attached hydrogen (secondary N) is 1. The van der Waals surface area contributed by atoms with E-state index in [2.05, 4.69) is 4.72 Å². The fraction of sp³-hybridized carbons (Fsp3) is 1.00. The third kappa shape index (κ3) is 4.39. The van der Waals surface area contributed by atoms with E-state index in [9.17, 15) is 8.42 Å². The van der Waals surface area contributed by atoms with Gasteiger partial charge in [-0.3, -0.25) is 0 Å². The third-order valence-corrected chi connectivity index (χ3v) is 3.87. The summed E-state index contributed by atoms with van der Waals surface area (Å²) in [6, 6.07) is 0. The van der Waals surface area contributed by atoms with E-state index >= 15 is 0 Å². The predicted octanol–water partition coefficient (Wildman–Crippen LogP) is 0.885. The molecule has 14 heavy (non-hydrogen) atoms. The molecule has 1 unspecified atom stereocenters. The van der Waals surface area contributed by atoms with Crippen molar-refractivity contribution in [3.05, 3.63) is 0 Å². The van der Waals surface area contributed by atoms with Gasteiger partial charge in [-0.1, -0.05) is 6.92 Å². The van der Waals surface area contributed by atoms with Crippen molar-refractivity contribution in [1.29, 1.82) is 0 Å². The summed E-state index contributed by atoms with van der Waals surface area (Å²) < 4.78 is 30.5. The molecule has 0 saturated carbocycles. The second-order valence-electron chi connectivity index (χ2n) is 3.64. The van der Waals surface area contributed by atoms with Gasteiger partial charge in [0, 0.05) is 13.2 Å². The Labute approximate surface area is 86.1 Å². The third-order valence-electron chi connectivity index (χ3n) is 2.29. The SMILES string of the molecule is CCCS(=O)(=O)NCCC1CCCO1. The molecule has 0 aromatic heterocycles. The summed E-state index contributed by atoms with van der Waals surface area (Å²) in [5.41, 5.74) is 0. The van der Waals surface area contributed by atoms with E-state index in [0.29, 0.717) is 13.0 Å². The maximum atomic E-state index is 11.3. The van der Waals surface area contributed by atoms with Gasteiger partial charge in [0.25, 0.3) is 0 Å². The average Bonchev–Trinajstić information content (AvgIpc) is 2.56. The lowest BCUT2D eigenvalue weighted by Crippen LogP contribution is -2.29. The zero-order valence-corrected chi connectivity index (χ0v) is 9.48. The predicted molar refractivity (Wildman–Crippen MR) is 55.7 cm³/mol. The van der Waals surface area contributed by atoms with Crippen molar-refractivity contribution >= 4 is 10.0 Å². The molecule has 0 aliphatic carbocycles. The second kappa shape index (κ2) is 5.68.